The number of likely N-dealkylation sites (tertiary alicyclic amines) is 1. The van der Waals surface area contributed by atoms with Crippen molar-refractivity contribution >= 4 is 29.3 Å². The summed E-state index contributed by atoms with van der Waals surface area (Å²) < 4.78 is 6.19. The third-order valence-electron chi connectivity index (χ3n) is 10.1. The van der Waals surface area contributed by atoms with Crippen molar-refractivity contribution in [3.8, 4) is 0 Å². The molecule has 0 radical (unpaired) electrons. The number of imide groups is 2. The van der Waals surface area contributed by atoms with Crippen molar-refractivity contribution in [3.05, 3.63) is 101 Å². The highest BCUT2D eigenvalue weighted by Crippen LogP contribution is 2.64. The van der Waals surface area contributed by atoms with Gasteiger partial charge in [0.25, 0.3) is 11.8 Å². The summed E-state index contributed by atoms with van der Waals surface area (Å²) in [6, 6.07) is 20.2. The highest BCUT2D eigenvalue weighted by molar-refractivity contribution is 6.13. The Balaban J connectivity index is 1.43. The molecule has 2 aliphatic carbocycles. The number of fused-ring (bicyclic) bond motifs is 4. The van der Waals surface area contributed by atoms with Crippen LogP contribution in [0, 0.1) is 30.6 Å². The van der Waals surface area contributed by atoms with Gasteiger partial charge in [-0.2, -0.15) is 5.01 Å². The number of furan rings is 1. The molecule has 2 N–H and O–H groups in total. The standard InChI is InChI=1S/C35H35N3O6/c1-3-17-37-31(40)25-15-14-24-26(29(25)33(37)42)18-27-32(41)38(36-22-11-9-20(2)10-12-22)34(43)35(27,21-7-5-4-6-8-21)30(24)28-16-13-23(19-39)44-28/h4-14,16,25-27,29-30,36,39H,3,15,17-19H2,1-2H3/t25-,26+,27-,29-,30+,35+/m0/s1. The number of aliphatic hydroxyl groups excluding tert-OH is 1. The van der Waals surface area contributed by atoms with E-state index in [1.807, 2.05) is 74.5 Å². The zero-order valence-corrected chi connectivity index (χ0v) is 24.7. The number of hydrazine groups is 1. The molecule has 6 atom stereocenters. The van der Waals surface area contributed by atoms with Crippen LogP contribution < -0.4 is 5.43 Å². The molecule has 9 nitrogen and oxygen atoms in total. The lowest BCUT2D eigenvalue weighted by Gasteiger charge is -2.49. The van der Waals surface area contributed by atoms with E-state index in [0.717, 1.165) is 16.1 Å². The maximum atomic E-state index is 15.0. The van der Waals surface area contributed by atoms with Gasteiger partial charge in [-0.15, -0.1) is 0 Å². The van der Waals surface area contributed by atoms with E-state index in [0.29, 0.717) is 42.2 Å². The Morgan fingerprint density at radius 2 is 1.68 bits per heavy atom. The highest BCUT2D eigenvalue weighted by Gasteiger charge is 2.71. The van der Waals surface area contributed by atoms with Gasteiger partial charge in [0.2, 0.25) is 11.8 Å². The molecule has 226 valence electrons. The van der Waals surface area contributed by atoms with Crippen molar-refractivity contribution in [1.82, 2.24) is 9.91 Å². The Labute approximate surface area is 255 Å². The number of rotatable bonds is 7. The Morgan fingerprint density at radius 1 is 0.932 bits per heavy atom. The normalized spacial score (nSPS) is 29.4. The van der Waals surface area contributed by atoms with E-state index >= 15 is 0 Å². The summed E-state index contributed by atoms with van der Waals surface area (Å²) in [5, 5.41) is 11.0. The van der Waals surface area contributed by atoms with Gasteiger partial charge < -0.3 is 9.52 Å². The van der Waals surface area contributed by atoms with E-state index in [4.69, 9.17) is 4.42 Å². The molecule has 0 spiro atoms. The fourth-order valence-corrected chi connectivity index (χ4v) is 8.20. The number of aliphatic hydroxyl groups is 1. The summed E-state index contributed by atoms with van der Waals surface area (Å²) in [6.07, 6.45) is 3.27. The van der Waals surface area contributed by atoms with Gasteiger partial charge in [-0.1, -0.05) is 66.6 Å². The molecule has 4 amide bonds. The van der Waals surface area contributed by atoms with Crippen LogP contribution in [0.3, 0.4) is 0 Å². The van der Waals surface area contributed by atoms with E-state index in [1.54, 1.807) is 12.1 Å². The van der Waals surface area contributed by atoms with Crippen molar-refractivity contribution < 1.29 is 28.7 Å². The summed E-state index contributed by atoms with van der Waals surface area (Å²) in [7, 11) is 0. The summed E-state index contributed by atoms with van der Waals surface area (Å²) in [4.78, 5) is 58.1. The second kappa shape index (κ2) is 10.6. The van der Waals surface area contributed by atoms with Crippen LogP contribution in [0.15, 0.2) is 82.8 Å². The number of nitrogens with zero attached hydrogens (tertiary/aromatic N) is 2. The number of amides is 4. The summed E-state index contributed by atoms with van der Waals surface area (Å²) >= 11 is 0. The Morgan fingerprint density at radius 3 is 2.36 bits per heavy atom. The van der Waals surface area contributed by atoms with E-state index in [-0.39, 0.29) is 30.7 Å². The zero-order chi connectivity index (χ0) is 30.7. The molecule has 0 unspecified atom stereocenters. The molecule has 44 heavy (non-hydrogen) atoms. The van der Waals surface area contributed by atoms with Gasteiger partial charge in [0.15, 0.2) is 0 Å². The van der Waals surface area contributed by atoms with Crippen molar-refractivity contribution in [2.45, 2.75) is 51.0 Å². The zero-order valence-electron chi connectivity index (χ0n) is 24.7. The number of aryl methyl sites for hydroxylation is 1. The number of nitrogens with one attached hydrogen (secondary N) is 1. The van der Waals surface area contributed by atoms with E-state index in [1.165, 1.54) is 4.90 Å². The van der Waals surface area contributed by atoms with Crippen LogP contribution in [-0.2, 0) is 31.2 Å². The van der Waals surface area contributed by atoms with Gasteiger partial charge in [0, 0.05) is 6.54 Å². The number of benzene rings is 2. The number of carbonyl (C=O) groups excluding carboxylic acids is 4. The van der Waals surface area contributed by atoms with Crippen LogP contribution in [0.2, 0.25) is 0 Å². The molecule has 3 fully saturated rings. The summed E-state index contributed by atoms with van der Waals surface area (Å²) in [5.41, 5.74) is 4.85. The van der Waals surface area contributed by atoms with Crippen LogP contribution in [0.1, 0.15) is 54.8 Å². The first kappa shape index (κ1) is 28.3. The minimum Gasteiger partial charge on any atom is -0.463 e. The van der Waals surface area contributed by atoms with Gasteiger partial charge in [-0.25, -0.2) is 0 Å². The second-order valence-electron chi connectivity index (χ2n) is 12.4. The molecular weight excluding hydrogens is 558 g/mol. The molecular formula is C35H35N3O6. The van der Waals surface area contributed by atoms with Crippen molar-refractivity contribution in [1.29, 1.82) is 0 Å². The molecule has 3 aromatic rings. The number of anilines is 1. The molecule has 2 aromatic carbocycles. The predicted molar refractivity (Wildman–Crippen MR) is 160 cm³/mol. The smallest absolute Gasteiger partial charge is 0.260 e. The maximum Gasteiger partial charge on any atom is 0.260 e. The van der Waals surface area contributed by atoms with E-state index < -0.39 is 40.9 Å². The maximum absolute atomic E-state index is 15.0. The van der Waals surface area contributed by atoms with Gasteiger partial charge in [0.05, 0.1) is 29.4 Å². The minimum absolute atomic E-state index is 0.161. The second-order valence-corrected chi connectivity index (χ2v) is 12.4. The lowest BCUT2D eigenvalue weighted by atomic mass is 9.50. The first-order chi connectivity index (χ1) is 21.3. The Kier molecular flexibility index (Phi) is 6.81. The summed E-state index contributed by atoms with van der Waals surface area (Å²) in [5.74, 6) is -3.50. The molecule has 9 heteroatoms. The molecule has 2 aliphatic heterocycles. The third-order valence-corrected chi connectivity index (χ3v) is 10.1. The molecule has 1 saturated carbocycles. The lowest BCUT2D eigenvalue weighted by Crippen LogP contribution is -2.53. The lowest BCUT2D eigenvalue weighted by molar-refractivity contribution is -0.141. The SMILES string of the molecule is CCCN1C(=O)[C@H]2[C@H](CC=C3[C@H]2C[C@H]2C(=O)N(Nc4ccc(C)cc4)C(=O)[C@@]2(c2ccccc2)[C@H]3c2ccc(CO)o2)C1=O. The van der Waals surface area contributed by atoms with E-state index in [2.05, 4.69) is 5.43 Å². The fraction of sp³-hybridized carbons (Fsp3) is 0.371. The quantitative estimate of drug-likeness (QED) is 0.306. The number of carbonyl (C=O) groups is 4. The third kappa shape index (κ3) is 3.95. The fourth-order valence-electron chi connectivity index (χ4n) is 8.20. The van der Waals surface area contributed by atoms with Gasteiger partial charge in [0.1, 0.15) is 23.5 Å². The number of hydrogen-bond acceptors (Lipinski definition) is 7. The number of allylic oxidation sites excluding steroid dienone is 2. The average molecular weight is 594 g/mol. The molecule has 4 aliphatic rings. The van der Waals surface area contributed by atoms with E-state index in [9.17, 15) is 24.3 Å². The predicted octanol–water partition coefficient (Wildman–Crippen LogP) is 4.48. The van der Waals surface area contributed by atoms with Crippen molar-refractivity contribution in [2.75, 3.05) is 12.0 Å². The topological polar surface area (TPSA) is 120 Å². The Bertz CT molecular complexity index is 1680. The minimum atomic E-state index is -1.38. The first-order valence-corrected chi connectivity index (χ1v) is 15.3. The van der Waals surface area contributed by atoms with Gasteiger partial charge >= 0.3 is 0 Å². The average Bonchev–Trinajstić information content (AvgIpc) is 3.67. The van der Waals surface area contributed by atoms with Crippen LogP contribution in [-0.4, -0.2) is 45.2 Å². The molecule has 2 saturated heterocycles. The van der Waals surface area contributed by atoms with Crippen LogP contribution in [0.25, 0.3) is 0 Å². The molecule has 1 aromatic heterocycles. The highest BCUT2D eigenvalue weighted by atomic mass is 16.4. The van der Waals surface area contributed by atoms with Crippen LogP contribution >= 0.6 is 0 Å². The van der Waals surface area contributed by atoms with Crippen molar-refractivity contribution in [3.63, 3.8) is 0 Å². The largest absolute Gasteiger partial charge is 0.463 e. The summed E-state index contributed by atoms with van der Waals surface area (Å²) in [6.45, 7) is 3.93. The number of hydrogen-bond donors (Lipinski definition) is 2. The molecule has 7 rings (SSSR count). The van der Waals surface area contributed by atoms with Gasteiger partial charge in [-0.3, -0.25) is 29.5 Å². The Hall–Kier alpha value is -4.50. The van der Waals surface area contributed by atoms with Crippen LogP contribution in [0.4, 0.5) is 5.69 Å². The van der Waals surface area contributed by atoms with Gasteiger partial charge in [-0.05, 0) is 61.9 Å². The van der Waals surface area contributed by atoms with Crippen LogP contribution in [0.5, 0.6) is 0 Å². The monoisotopic (exact) mass is 593 g/mol. The first-order valence-electron chi connectivity index (χ1n) is 15.3. The molecule has 3 heterocycles. The molecule has 0 bridgehead atoms. The van der Waals surface area contributed by atoms with Crippen molar-refractivity contribution in [2.24, 2.45) is 23.7 Å².